The molecule has 0 saturated heterocycles. The molecule has 1 aromatic carbocycles. The largest absolute Gasteiger partial charge is 0.288 e. The first kappa shape index (κ1) is 11.1. The number of benzene rings is 1. The molecule has 90 valence electrons. The topological polar surface area (TPSA) is 34.9 Å². The fourth-order valence-corrected chi connectivity index (χ4v) is 2.81. The van der Waals surface area contributed by atoms with Gasteiger partial charge in [0.1, 0.15) is 5.82 Å². The van der Waals surface area contributed by atoms with E-state index in [0.29, 0.717) is 10.4 Å². The fourth-order valence-electron chi connectivity index (χ4n) is 1.81. The van der Waals surface area contributed by atoms with E-state index in [-0.39, 0.29) is 11.6 Å². The Balaban J connectivity index is 2.06. The maximum Gasteiger partial charge on any atom is 0.206 e. The van der Waals surface area contributed by atoms with E-state index in [4.69, 9.17) is 0 Å². The van der Waals surface area contributed by atoms with Crippen LogP contribution in [0.4, 0.5) is 4.39 Å². The monoisotopic (exact) mass is 260 g/mol. The zero-order valence-corrected chi connectivity index (χ0v) is 10.4. The Morgan fingerprint density at radius 1 is 1.39 bits per heavy atom. The summed E-state index contributed by atoms with van der Waals surface area (Å²) < 4.78 is 15.6. The molecule has 0 radical (unpaired) electrons. The Hall–Kier alpha value is -2.01. The number of hydrogen-bond acceptors (Lipinski definition) is 3. The van der Waals surface area contributed by atoms with Gasteiger partial charge in [0.25, 0.3) is 0 Å². The zero-order chi connectivity index (χ0) is 12.7. The van der Waals surface area contributed by atoms with Crippen LogP contribution in [0.3, 0.4) is 0 Å². The number of thiophene rings is 1. The maximum atomic E-state index is 13.1. The number of hydrogen-bond donors (Lipinski definition) is 0. The summed E-state index contributed by atoms with van der Waals surface area (Å²) in [6.45, 7) is 0. The quantitative estimate of drug-likeness (QED) is 0.664. The SMILES string of the molecule is Cn1cc(C(=O)c2cc3cc(F)ccc3s2)cn1. The molecule has 0 amide bonds. The molecule has 18 heavy (non-hydrogen) atoms. The minimum absolute atomic E-state index is 0.0790. The van der Waals surface area contributed by atoms with E-state index in [0.717, 1.165) is 10.1 Å². The van der Waals surface area contributed by atoms with E-state index in [1.807, 2.05) is 0 Å². The average Bonchev–Trinajstić information content (AvgIpc) is 2.93. The van der Waals surface area contributed by atoms with Gasteiger partial charge in [0.05, 0.1) is 16.6 Å². The molecule has 0 unspecified atom stereocenters. The van der Waals surface area contributed by atoms with Crippen molar-refractivity contribution in [3.05, 3.63) is 52.9 Å². The highest BCUT2D eigenvalue weighted by atomic mass is 32.1. The van der Waals surface area contributed by atoms with E-state index < -0.39 is 0 Å². The van der Waals surface area contributed by atoms with Crippen molar-refractivity contribution >= 4 is 27.2 Å². The third-order valence-electron chi connectivity index (χ3n) is 2.67. The van der Waals surface area contributed by atoms with E-state index in [1.54, 1.807) is 30.1 Å². The van der Waals surface area contributed by atoms with Crippen molar-refractivity contribution < 1.29 is 9.18 Å². The number of ketones is 1. The van der Waals surface area contributed by atoms with E-state index in [9.17, 15) is 9.18 Å². The number of halogens is 1. The van der Waals surface area contributed by atoms with Crippen LogP contribution in [-0.2, 0) is 7.05 Å². The van der Waals surface area contributed by atoms with Gasteiger partial charge < -0.3 is 0 Å². The smallest absolute Gasteiger partial charge is 0.206 e. The van der Waals surface area contributed by atoms with E-state index in [1.165, 1.54) is 29.7 Å². The number of aryl methyl sites for hydroxylation is 1. The van der Waals surface area contributed by atoms with Crippen molar-refractivity contribution in [3.8, 4) is 0 Å². The van der Waals surface area contributed by atoms with Gasteiger partial charge in [-0.05, 0) is 29.7 Å². The van der Waals surface area contributed by atoms with Gasteiger partial charge in [-0.15, -0.1) is 11.3 Å². The van der Waals surface area contributed by atoms with Crippen LogP contribution in [0.2, 0.25) is 0 Å². The second kappa shape index (κ2) is 4.03. The van der Waals surface area contributed by atoms with E-state index in [2.05, 4.69) is 5.10 Å². The maximum absolute atomic E-state index is 13.1. The van der Waals surface area contributed by atoms with Crippen molar-refractivity contribution in [2.45, 2.75) is 0 Å². The van der Waals surface area contributed by atoms with Gasteiger partial charge >= 0.3 is 0 Å². The van der Waals surface area contributed by atoms with E-state index >= 15 is 0 Å². The predicted octanol–water partition coefficient (Wildman–Crippen LogP) is 3.00. The van der Waals surface area contributed by atoms with Crippen LogP contribution in [0.25, 0.3) is 10.1 Å². The first-order valence-electron chi connectivity index (χ1n) is 5.36. The van der Waals surface area contributed by atoms with Crippen LogP contribution < -0.4 is 0 Å². The number of nitrogens with zero attached hydrogens (tertiary/aromatic N) is 2. The van der Waals surface area contributed by atoms with Gasteiger partial charge in [-0.3, -0.25) is 9.48 Å². The molecule has 0 saturated carbocycles. The zero-order valence-electron chi connectivity index (χ0n) is 9.55. The lowest BCUT2D eigenvalue weighted by molar-refractivity contribution is 0.104. The average molecular weight is 260 g/mol. The van der Waals surface area contributed by atoms with Crippen molar-refractivity contribution in [1.82, 2.24) is 9.78 Å². The van der Waals surface area contributed by atoms with Crippen molar-refractivity contribution in [2.24, 2.45) is 7.05 Å². The molecule has 0 atom stereocenters. The molecule has 3 rings (SSSR count). The Morgan fingerprint density at radius 3 is 2.94 bits per heavy atom. The van der Waals surface area contributed by atoms with Gasteiger partial charge in [0.2, 0.25) is 5.78 Å². The molecule has 0 aliphatic rings. The van der Waals surface area contributed by atoms with Gasteiger partial charge in [-0.1, -0.05) is 0 Å². The van der Waals surface area contributed by atoms with Gasteiger partial charge in [-0.25, -0.2) is 4.39 Å². The number of rotatable bonds is 2. The summed E-state index contributed by atoms with van der Waals surface area (Å²) in [5.41, 5.74) is 0.546. The lowest BCUT2D eigenvalue weighted by atomic mass is 10.2. The fraction of sp³-hybridized carbons (Fsp3) is 0.0769. The summed E-state index contributed by atoms with van der Waals surface area (Å²) in [6.07, 6.45) is 3.21. The Labute approximate surface area is 106 Å². The van der Waals surface area contributed by atoms with Crippen molar-refractivity contribution in [2.75, 3.05) is 0 Å². The van der Waals surface area contributed by atoms with Crippen LogP contribution in [0, 0.1) is 5.82 Å². The molecule has 0 spiro atoms. The highest BCUT2D eigenvalue weighted by molar-refractivity contribution is 7.21. The number of aromatic nitrogens is 2. The third kappa shape index (κ3) is 1.82. The molecule has 0 N–H and O–H groups in total. The molecule has 3 aromatic rings. The predicted molar refractivity (Wildman–Crippen MR) is 68.4 cm³/mol. The van der Waals surface area contributed by atoms with Crippen LogP contribution in [-0.4, -0.2) is 15.6 Å². The summed E-state index contributed by atoms with van der Waals surface area (Å²) in [5, 5.41) is 4.73. The molecule has 3 nitrogen and oxygen atoms in total. The van der Waals surface area contributed by atoms with Gasteiger partial charge in [0, 0.05) is 17.9 Å². The lowest BCUT2D eigenvalue weighted by Crippen LogP contribution is -1.96. The third-order valence-corrected chi connectivity index (χ3v) is 3.78. The molecule has 2 aromatic heterocycles. The first-order valence-corrected chi connectivity index (χ1v) is 6.17. The summed E-state index contributed by atoms with van der Waals surface area (Å²) in [6, 6.07) is 6.25. The van der Waals surface area contributed by atoms with Crippen molar-refractivity contribution in [3.63, 3.8) is 0 Å². The van der Waals surface area contributed by atoms with Gasteiger partial charge in [0.15, 0.2) is 0 Å². The lowest BCUT2D eigenvalue weighted by Gasteiger charge is -1.90. The normalized spacial score (nSPS) is 11.0. The number of carbonyl (C=O) groups is 1. The molecule has 2 heterocycles. The Bertz CT molecular complexity index is 744. The molecule has 0 fully saturated rings. The minimum atomic E-state index is -0.291. The molecular weight excluding hydrogens is 251 g/mol. The molecule has 0 bridgehead atoms. The first-order chi connectivity index (χ1) is 8.63. The Kier molecular flexibility index (Phi) is 2.48. The molecule has 0 aliphatic carbocycles. The molecular formula is C13H9FN2OS. The minimum Gasteiger partial charge on any atom is -0.288 e. The summed E-state index contributed by atoms with van der Waals surface area (Å²) >= 11 is 1.36. The van der Waals surface area contributed by atoms with Crippen LogP contribution in [0.15, 0.2) is 36.7 Å². The summed E-state index contributed by atoms with van der Waals surface area (Å²) in [5.74, 6) is -0.370. The molecule has 5 heteroatoms. The highest BCUT2D eigenvalue weighted by Gasteiger charge is 2.14. The Morgan fingerprint density at radius 2 is 2.22 bits per heavy atom. The van der Waals surface area contributed by atoms with Crippen LogP contribution >= 0.6 is 11.3 Å². The summed E-state index contributed by atoms with van der Waals surface area (Å²) in [7, 11) is 1.76. The van der Waals surface area contributed by atoms with Gasteiger partial charge in [-0.2, -0.15) is 5.10 Å². The molecule has 0 aliphatic heterocycles. The van der Waals surface area contributed by atoms with Crippen LogP contribution in [0.1, 0.15) is 15.2 Å². The van der Waals surface area contributed by atoms with Crippen molar-refractivity contribution in [1.29, 1.82) is 0 Å². The highest BCUT2D eigenvalue weighted by Crippen LogP contribution is 2.27. The standard InChI is InChI=1S/C13H9FN2OS/c1-16-7-9(6-15-16)13(17)12-5-8-4-10(14)2-3-11(8)18-12/h2-7H,1H3. The number of fused-ring (bicyclic) bond motifs is 1. The number of carbonyl (C=O) groups excluding carboxylic acids is 1. The summed E-state index contributed by atoms with van der Waals surface area (Å²) in [4.78, 5) is 12.8. The second-order valence-electron chi connectivity index (χ2n) is 4.02. The second-order valence-corrected chi connectivity index (χ2v) is 5.11. The van der Waals surface area contributed by atoms with Crippen LogP contribution in [0.5, 0.6) is 0 Å².